The molecule has 1 fully saturated rings. The van der Waals surface area contributed by atoms with E-state index >= 15 is 0 Å². The van der Waals surface area contributed by atoms with E-state index in [2.05, 4.69) is 25.7 Å². The van der Waals surface area contributed by atoms with Crippen molar-refractivity contribution in [1.29, 1.82) is 0 Å². The summed E-state index contributed by atoms with van der Waals surface area (Å²) >= 11 is 0. The second-order valence-electron chi connectivity index (χ2n) is 3.66. The van der Waals surface area contributed by atoms with E-state index in [1.54, 1.807) is 14.2 Å². The molecule has 0 saturated carbocycles. The number of ether oxygens (including phenoxy) is 2. The highest BCUT2D eigenvalue weighted by Crippen LogP contribution is 2.34. The molecule has 0 amide bonds. The maximum Gasteiger partial charge on any atom is 0.196 e. The molecule has 1 heterocycles. The lowest BCUT2D eigenvalue weighted by molar-refractivity contribution is -0.311. The van der Waals surface area contributed by atoms with Gasteiger partial charge in [-0.1, -0.05) is 0 Å². The Morgan fingerprint density at radius 2 is 1.83 bits per heavy atom. The van der Waals surface area contributed by atoms with Crippen LogP contribution < -0.4 is 0 Å². The Bertz CT molecular complexity index is 155. The molecule has 1 aliphatic heterocycles. The molecule has 0 aromatic carbocycles. The van der Waals surface area contributed by atoms with Crippen molar-refractivity contribution in [2.75, 3.05) is 20.8 Å². The quantitative estimate of drug-likeness (QED) is 0.596. The van der Waals surface area contributed by atoms with Crippen LogP contribution in [0.25, 0.3) is 0 Å². The molecule has 0 aromatic rings. The number of rotatable bonds is 3. The lowest BCUT2D eigenvalue weighted by atomic mass is 9.94. The standard InChI is InChI=1S/C9H19NO2/c1-7(2)10-6-9(11-4,12-5)8(10)3/h7-8H,6H2,1-5H3. The van der Waals surface area contributed by atoms with Crippen molar-refractivity contribution in [3.63, 3.8) is 0 Å². The minimum Gasteiger partial charge on any atom is -0.351 e. The summed E-state index contributed by atoms with van der Waals surface area (Å²) in [5, 5.41) is 0. The van der Waals surface area contributed by atoms with Gasteiger partial charge in [-0.2, -0.15) is 0 Å². The molecule has 0 N–H and O–H groups in total. The van der Waals surface area contributed by atoms with Crippen molar-refractivity contribution in [3.8, 4) is 0 Å². The van der Waals surface area contributed by atoms with Gasteiger partial charge in [0.2, 0.25) is 0 Å². The van der Waals surface area contributed by atoms with E-state index in [1.165, 1.54) is 0 Å². The van der Waals surface area contributed by atoms with Crippen LogP contribution in [0.2, 0.25) is 0 Å². The Morgan fingerprint density at radius 1 is 1.33 bits per heavy atom. The summed E-state index contributed by atoms with van der Waals surface area (Å²) in [6.07, 6.45) is 0. The molecule has 0 spiro atoms. The molecule has 1 saturated heterocycles. The molecular weight excluding hydrogens is 154 g/mol. The lowest BCUT2D eigenvalue weighted by Gasteiger charge is -2.55. The smallest absolute Gasteiger partial charge is 0.196 e. The zero-order chi connectivity index (χ0) is 9.35. The molecule has 12 heavy (non-hydrogen) atoms. The maximum atomic E-state index is 5.35. The second kappa shape index (κ2) is 3.32. The highest BCUT2D eigenvalue weighted by Gasteiger charge is 2.51. The fourth-order valence-electron chi connectivity index (χ4n) is 1.85. The van der Waals surface area contributed by atoms with E-state index in [9.17, 15) is 0 Å². The predicted molar refractivity (Wildman–Crippen MR) is 48.1 cm³/mol. The Hall–Kier alpha value is -0.120. The summed E-state index contributed by atoms with van der Waals surface area (Å²) in [4.78, 5) is 2.35. The molecule has 3 heteroatoms. The van der Waals surface area contributed by atoms with Crippen molar-refractivity contribution < 1.29 is 9.47 Å². The van der Waals surface area contributed by atoms with Gasteiger partial charge in [-0.25, -0.2) is 0 Å². The molecule has 1 unspecified atom stereocenters. The molecule has 3 nitrogen and oxygen atoms in total. The van der Waals surface area contributed by atoms with Gasteiger partial charge in [-0.15, -0.1) is 0 Å². The molecule has 72 valence electrons. The molecule has 0 aromatic heterocycles. The number of nitrogens with zero attached hydrogens (tertiary/aromatic N) is 1. The fourth-order valence-corrected chi connectivity index (χ4v) is 1.85. The average molecular weight is 173 g/mol. The summed E-state index contributed by atoms with van der Waals surface area (Å²) in [6.45, 7) is 7.38. The molecule has 0 aliphatic carbocycles. The zero-order valence-electron chi connectivity index (χ0n) is 8.63. The summed E-state index contributed by atoms with van der Waals surface area (Å²) in [5.74, 6) is -0.357. The van der Waals surface area contributed by atoms with Gasteiger partial charge in [-0.3, -0.25) is 4.90 Å². The molecule has 1 rings (SSSR count). The Morgan fingerprint density at radius 3 is 2.08 bits per heavy atom. The van der Waals surface area contributed by atoms with Crippen LogP contribution in [-0.4, -0.2) is 43.5 Å². The van der Waals surface area contributed by atoms with Crippen LogP contribution in [0.1, 0.15) is 20.8 Å². The number of hydrogen-bond acceptors (Lipinski definition) is 3. The molecular formula is C9H19NO2. The normalized spacial score (nSPS) is 29.0. The fraction of sp³-hybridized carbons (Fsp3) is 1.00. The van der Waals surface area contributed by atoms with Crippen molar-refractivity contribution in [2.45, 2.75) is 38.6 Å². The maximum absolute atomic E-state index is 5.35. The SMILES string of the molecule is COC1(OC)CN(C(C)C)C1C. The van der Waals surface area contributed by atoms with Crippen LogP contribution in [0, 0.1) is 0 Å². The summed E-state index contributed by atoms with van der Waals surface area (Å²) in [7, 11) is 3.41. The summed E-state index contributed by atoms with van der Waals surface area (Å²) in [5.41, 5.74) is 0. The predicted octanol–water partition coefficient (Wildman–Crippen LogP) is 1.09. The van der Waals surface area contributed by atoms with Gasteiger partial charge in [0.15, 0.2) is 5.79 Å². The van der Waals surface area contributed by atoms with Crippen LogP contribution >= 0.6 is 0 Å². The van der Waals surface area contributed by atoms with E-state index in [4.69, 9.17) is 9.47 Å². The summed E-state index contributed by atoms with van der Waals surface area (Å²) < 4.78 is 10.7. The van der Waals surface area contributed by atoms with Crippen LogP contribution in [0.15, 0.2) is 0 Å². The molecule has 0 bridgehead atoms. The van der Waals surface area contributed by atoms with Crippen LogP contribution in [0.3, 0.4) is 0 Å². The van der Waals surface area contributed by atoms with Crippen molar-refractivity contribution in [2.24, 2.45) is 0 Å². The zero-order valence-corrected chi connectivity index (χ0v) is 8.63. The van der Waals surface area contributed by atoms with Gasteiger partial charge >= 0.3 is 0 Å². The van der Waals surface area contributed by atoms with Crippen molar-refractivity contribution >= 4 is 0 Å². The van der Waals surface area contributed by atoms with Gasteiger partial charge < -0.3 is 9.47 Å². The van der Waals surface area contributed by atoms with Gasteiger partial charge in [0.25, 0.3) is 0 Å². The molecule has 1 aliphatic rings. The van der Waals surface area contributed by atoms with E-state index in [0.29, 0.717) is 12.1 Å². The highest BCUT2D eigenvalue weighted by atomic mass is 16.7. The van der Waals surface area contributed by atoms with Gasteiger partial charge in [0.05, 0.1) is 12.6 Å². The number of likely N-dealkylation sites (tertiary alicyclic amines) is 1. The molecule has 0 radical (unpaired) electrons. The second-order valence-corrected chi connectivity index (χ2v) is 3.66. The minimum absolute atomic E-state index is 0.354. The Labute approximate surface area is 74.6 Å². The largest absolute Gasteiger partial charge is 0.351 e. The van der Waals surface area contributed by atoms with Crippen LogP contribution in [0.5, 0.6) is 0 Å². The first kappa shape index (κ1) is 9.96. The average Bonchev–Trinajstić information content (AvgIpc) is 2.04. The Kier molecular flexibility index (Phi) is 2.76. The third kappa shape index (κ3) is 1.26. The number of methoxy groups -OCH3 is 2. The Balaban J connectivity index is 2.56. The monoisotopic (exact) mass is 173 g/mol. The van der Waals surface area contributed by atoms with Crippen molar-refractivity contribution in [1.82, 2.24) is 4.90 Å². The highest BCUT2D eigenvalue weighted by molar-refractivity contribution is 4.98. The number of hydrogen-bond donors (Lipinski definition) is 0. The topological polar surface area (TPSA) is 21.7 Å². The third-order valence-corrected chi connectivity index (χ3v) is 2.89. The van der Waals surface area contributed by atoms with E-state index < -0.39 is 0 Å². The van der Waals surface area contributed by atoms with Gasteiger partial charge in [-0.05, 0) is 20.8 Å². The van der Waals surface area contributed by atoms with E-state index in [-0.39, 0.29) is 5.79 Å². The van der Waals surface area contributed by atoms with Gasteiger partial charge in [0.1, 0.15) is 0 Å². The summed E-state index contributed by atoms with van der Waals surface area (Å²) in [6, 6.07) is 0.922. The lowest BCUT2D eigenvalue weighted by Crippen LogP contribution is -2.71. The van der Waals surface area contributed by atoms with Gasteiger partial charge in [0, 0.05) is 20.3 Å². The molecule has 1 atom stereocenters. The first-order valence-electron chi connectivity index (χ1n) is 4.43. The van der Waals surface area contributed by atoms with E-state index in [1.807, 2.05) is 0 Å². The first-order chi connectivity index (χ1) is 5.57. The van der Waals surface area contributed by atoms with Crippen LogP contribution in [-0.2, 0) is 9.47 Å². The van der Waals surface area contributed by atoms with E-state index in [0.717, 1.165) is 6.54 Å². The first-order valence-corrected chi connectivity index (χ1v) is 4.43. The van der Waals surface area contributed by atoms with Crippen molar-refractivity contribution in [3.05, 3.63) is 0 Å². The minimum atomic E-state index is -0.357. The van der Waals surface area contributed by atoms with Crippen LogP contribution in [0.4, 0.5) is 0 Å². The third-order valence-electron chi connectivity index (χ3n) is 2.89.